The van der Waals surface area contributed by atoms with Crippen LogP contribution in [-0.4, -0.2) is 33.6 Å². The predicted octanol–water partition coefficient (Wildman–Crippen LogP) is 1.02. The van der Waals surface area contributed by atoms with Gasteiger partial charge in [-0.25, -0.2) is 5.43 Å². The first-order chi connectivity index (χ1) is 13.1. The van der Waals surface area contributed by atoms with Crippen LogP contribution in [-0.2, 0) is 19.7 Å². The molecule has 3 N–H and O–H groups in total. The molecule has 0 aliphatic carbocycles. The average molecular weight is 405 g/mol. The molecule has 0 fully saturated rings. The lowest BCUT2D eigenvalue weighted by molar-refractivity contribution is -0.137. The summed E-state index contributed by atoms with van der Waals surface area (Å²) in [5.74, 6) is -2.11. The van der Waals surface area contributed by atoms with E-state index in [2.05, 4.69) is 5.10 Å². The maximum Gasteiger partial charge on any atom is 0.339 e. The van der Waals surface area contributed by atoms with E-state index in [4.69, 9.17) is 14.7 Å². The Morgan fingerprint density at radius 1 is 1.11 bits per heavy atom. The van der Waals surface area contributed by atoms with Crippen LogP contribution in [0.4, 0.5) is 0 Å². The summed E-state index contributed by atoms with van der Waals surface area (Å²) in [7, 11) is -2.72. The highest BCUT2D eigenvalue weighted by Gasteiger charge is 2.21. The first kappa shape index (κ1) is 20.9. The molecule has 2 rings (SSSR count). The van der Waals surface area contributed by atoms with Crippen LogP contribution >= 0.6 is 0 Å². The summed E-state index contributed by atoms with van der Waals surface area (Å²) in [6.45, 7) is 3.46. The van der Waals surface area contributed by atoms with Crippen LogP contribution in [0.15, 0.2) is 46.4 Å². The van der Waals surface area contributed by atoms with E-state index in [0.29, 0.717) is 11.1 Å². The van der Waals surface area contributed by atoms with Crippen LogP contribution < -0.4 is 20.1 Å². The molecule has 2 amide bonds. The maximum atomic E-state index is 12.6. The Kier molecular flexibility index (Phi) is 6.37. The molecule has 0 bridgehead atoms. The van der Waals surface area contributed by atoms with Crippen molar-refractivity contribution in [2.24, 2.45) is 10.8 Å². The largest absolute Gasteiger partial charge is 0.493 e. The molecule has 2 aromatic carbocycles. The van der Waals surface area contributed by atoms with E-state index in [1.807, 2.05) is 5.43 Å². The van der Waals surface area contributed by atoms with Gasteiger partial charge in [-0.1, -0.05) is 12.1 Å². The van der Waals surface area contributed by atoms with Gasteiger partial charge < -0.3 is 14.7 Å². The second-order valence-electron chi connectivity index (χ2n) is 5.78. The second-order valence-corrected chi connectivity index (χ2v) is 7.29. The van der Waals surface area contributed by atoms with Crippen LogP contribution in [0.25, 0.3) is 0 Å². The molecule has 0 aliphatic rings. The average Bonchev–Trinajstić information content (AvgIpc) is 2.64. The number of benzene rings is 2. The molecule has 0 aromatic heterocycles. The summed E-state index contributed by atoms with van der Waals surface area (Å²) in [5.41, 5.74) is 8.52. The molecule has 0 aliphatic heterocycles. The highest BCUT2D eigenvalue weighted by atomic mass is 32.2. The highest BCUT2D eigenvalue weighted by Crippen LogP contribution is 2.31. The molecule has 0 saturated carbocycles. The molecule has 10 heteroatoms. The number of hydrogen-bond acceptors (Lipinski definition) is 7. The van der Waals surface area contributed by atoms with Crippen molar-refractivity contribution in [1.29, 1.82) is 0 Å². The summed E-state index contributed by atoms with van der Waals surface area (Å²) < 4.78 is 35.7. The molecule has 148 valence electrons. The molecular weight excluding hydrogens is 386 g/mol. The SMILES string of the molecule is COc1cc(/C=N/NC(=O)C(N)=O)ccc1OS(=O)(=O)c1cc(C)ccc1C. The number of hydrogen-bond donors (Lipinski definition) is 2. The zero-order chi connectivity index (χ0) is 20.9. The third kappa shape index (κ3) is 5.07. The fraction of sp³-hybridized carbons (Fsp3) is 0.167. The number of ether oxygens (including phenoxy) is 1. The molecule has 0 atom stereocenters. The van der Waals surface area contributed by atoms with Crippen molar-refractivity contribution < 1.29 is 26.9 Å². The van der Waals surface area contributed by atoms with Gasteiger partial charge in [0.25, 0.3) is 0 Å². The molecule has 0 saturated heterocycles. The fourth-order valence-electron chi connectivity index (χ4n) is 2.19. The smallest absolute Gasteiger partial charge is 0.339 e. The van der Waals surface area contributed by atoms with Gasteiger partial charge in [0.2, 0.25) is 0 Å². The van der Waals surface area contributed by atoms with Gasteiger partial charge in [0.15, 0.2) is 11.5 Å². The number of amides is 2. The number of methoxy groups -OCH3 is 1. The van der Waals surface area contributed by atoms with Crippen LogP contribution in [0.3, 0.4) is 0 Å². The van der Waals surface area contributed by atoms with E-state index in [1.54, 1.807) is 26.0 Å². The number of hydrazone groups is 1. The van der Waals surface area contributed by atoms with Crippen molar-refractivity contribution in [2.45, 2.75) is 18.7 Å². The van der Waals surface area contributed by atoms with Crippen molar-refractivity contribution in [1.82, 2.24) is 5.43 Å². The fourth-order valence-corrected chi connectivity index (χ4v) is 3.45. The van der Waals surface area contributed by atoms with Crippen molar-refractivity contribution in [3.05, 3.63) is 53.1 Å². The molecule has 0 spiro atoms. The minimum absolute atomic E-state index is 0.0123. The van der Waals surface area contributed by atoms with Gasteiger partial charge in [-0.2, -0.15) is 13.5 Å². The van der Waals surface area contributed by atoms with Gasteiger partial charge in [0.05, 0.1) is 13.3 Å². The lowest BCUT2D eigenvalue weighted by Crippen LogP contribution is -2.32. The Morgan fingerprint density at radius 3 is 2.46 bits per heavy atom. The van der Waals surface area contributed by atoms with E-state index in [-0.39, 0.29) is 16.4 Å². The topological polar surface area (TPSA) is 137 Å². The van der Waals surface area contributed by atoms with Gasteiger partial charge in [-0.05, 0) is 54.8 Å². The number of aryl methyl sites for hydroxylation is 2. The minimum atomic E-state index is -4.07. The maximum absolute atomic E-state index is 12.6. The third-order valence-corrected chi connectivity index (χ3v) is 4.98. The minimum Gasteiger partial charge on any atom is -0.493 e. The van der Waals surface area contributed by atoms with E-state index in [9.17, 15) is 18.0 Å². The summed E-state index contributed by atoms with van der Waals surface area (Å²) in [6.07, 6.45) is 1.23. The lowest BCUT2D eigenvalue weighted by atomic mass is 10.2. The second kappa shape index (κ2) is 8.53. The van der Waals surface area contributed by atoms with Crippen LogP contribution in [0.5, 0.6) is 11.5 Å². The zero-order valence-electron chi connectivity index (χ0n) is 15.4. The number of carbonyl (C=O) groups excluding carboxylic acids is 2. The van der Waals surface area contributed by atoms with Crippen molar-refractivity contribution in [3.8, 4) is 11.5 Å². The third-order valence-electron chi connectivity index (χ3n) is 3.60. The monoisotopic (exact) mass is 405 g/mol. The Bertz CT molecular complexity index is 1050. The van der Waals surface area contributed by atoms with Crippen LogP contribution in [0.2, 0.25) is 0 Å². The Balaban J connectivity index is 2.27. The van der Waals surface area contributed by atoms with Gasteiger partial charge in [0, 0.05) is 0 Å². The first-order valence-electron chi connectivity index (χ1n) is 7.96. The molecule has 28 heavy (non-hydrogen) atoms. The normalized spacial score (nSPS) is 11.2. The van der Waals surface area contributed by atoms with E-state index in [0.717, 1.165) is 5.56 Å². The predicted molar refractivity (Wildman–Crippen MR) is 102 cm³/mol. The molecular formula is C18H19N3O6S. The number of nitrogens with zero attached hydrogens (tertiary/aromatic N) is 1. The first-order valence-corrected chi connectivity index (χ1v) is 9.37. The standard InChI is InChI=1S/C18H19N3O6S/c1-11-4-5-12(2)16(8-11)28(24,25)27-14-7-6-13(9-15(14)26-3)10-20-21-18(23)17(19)22/h4-10H,1-3H3,(H2,19,22)(H,21,23)/b20-10+. The molecule has 0 unspecified atom stereocenters. The lowest BCUT2D eigenvalue weighted by Gasteiger charge is -2.13. The molecule has 0 radical (unpaired) electrons. The number of primary amides is 1. The van der Waals surface area contributed by atoms with E-state index < -0.39 is 21.9 Å². The number of nitrogens with one attached hydrogen (secondary N) is 1. The number of carbonyl (C=O) groups is 2. The van der Waals surface area contributed by atoms with Gasteiger partial charge in [-0.3, -0.25) is 9.59 Å². The molecule has 2 aromatic rings. The number of nitrogens with two attached hydrogens (primary N) is 1. The van der Waals surface area contributed by atoms with Gasteiger partial charge in [-0.15, -0.1) is 0 Å². The van der Waals surface area contributed by atoms with E-state index in [1.165, 1.54) is 37.6 Å². The summed E-state index contributed by atoms with van der Waals surface area (Å²) >= 11 is 0. The van der Waals surface area contributed by atoms with Crippen molar-refractivity contribution in [2.75, 3.05) is 7.11 Å². The summed E-state index contributed by atoms with van der Waals surface area (Å²) in [5, 5.41) is 3.57. The zero-order valence-corrected chi connectivity index (χ0v) is 16.2. The van der Waals surface area contributed by atoms with Crippen molar-refractivity contribution >= 4 is 28.1 Å². The van der Waals surface area contributed by atoms with Crippen LogP contribution in [0.1, 0.15) is 16.7 Å². The van der Waals surface area contributed by atoms with Crippen LogP contribution in [0, 0.1) is 13.8 Å². The Hall–Kier alpha value is -3.40. The molecule has 9 nitrogen and oxygen atoms in total. The Labute approximate surface area is 162 Å². The highest BCUT2D eigenvalue weighted by molar-refractivity contribution is 7.87. The summed E-state index contributed by atoms with van der Waals surface area (Å²) in [6, 6.07) is 9.37. The summed E-state index contributed by atoms with van der Waals surface area (Å²) in [4.78, 5) is 21.7. The van der Waals surface area contributed by atoms with Gasteiger partial charge in [0.1, 0.15) is 4.90 Å². The molecule has 0 heterocycles. The van der Waals surface area contributed by atoms with Gasteiger partial charge >= 0.3 is 21.9 Å². The van der Waals surface area contributed by atoms with Crippen molar-refractivity contribution in [3.63, 3.8) is 0 Å². The quantitative estimate of drug-likeness (QED) is 0.318. The number of rotatable bonds is 6. The van der Waals surface area contributed by atoms with E-state index >= 15 is 0 Å². The Morgan fingerprint density at radius 2 is 1.82 bits per heavy atom.